The minimum absolute atomic E-state index is 0.0987. The fourth-order valence-electron chi connectivity index (χ4n) is 3.59. The summed E-state index contributed by atoms with van der Waals surface area (Å²) in [6, 6.07) is 12.3. The SMILES string of the molecule is CCN(CC(=O)NS(=O)(=O)c1ccc(-n2nc(C(F)(F)F)cc2-c2ccc(C)cc2)cc1)/[N+]([O-])=N/OCOC(=O)OC(C)(C)C. The van der Waals surface area contributed by atoms with E-state index in [4.69, 9.17) is 4.74 Å². The number of aromatic nitrogens is 2. The minimum atomic E-state index is -4.72. The van der Waals surface area contributed by atoms with Gasteiger partial charge in [-0.15, -0.1) is 5.01 Å². The lowest BCUT2D eigenvalue weighted by molar-refractivity contribution is -0.709. The van der Waals surface area contributed by atoms with Gasteiger partial charge in [-0.3, -0.25) is 4.79 Å². The second-order valence-corrected chi connectivity index (χ2v) is 12.1. The number of aryl methyl sites for hydroxylation is 1. The molecule has 0 atom stereocenters. The third-order valence-electron chi connectivity index (χ3n) is 5.67. The van der Waals surface area contributed by atoms with E-state index in [0.29, 0.717) is 5.56 Å². The van der Waals surface area contributed by atoms with E-state index in [0.717, 1.165) is 33.5 Å². The fraction of sp³-hybridized carbons (Fsp3) is 0.370. The summed E-state index contributed by atoms with van der Waals surface area (Å²) in [5.41, 5.74) is -0.355. The van der Waals surface area contributed by atoms with Gasteiger partial charge in [-0.25, -0.2) is 22.6 Å². The second kappa shape index (κ2) is 13.8. The van der Waals surface area contributed by atoms with Crippen molar-refractivity contribution in [3.8, 4) is 16.9 Å². The number of hydrazine groups is 1. The molecule has 0 aliphatic carbocycles. The highest BCUT2D eigenvalue weighted by Gasteiger charge is 2.35. The Labute approximate surface area is 256 Å². The Bertz CT molecular complexity index is 1630. The lowest BCUT2D eigenvalue weighted by Crippen LogP contribution is -2.42. The van der Waals surface area contributed by atoms with Crippen molar-refractivity contribution in [3.05, 3.63) is 71.1 Å². The molecule has 1 heterocycles. The van der Waals surface area contributed by atoms with Gasteiger partial charge in [0.15, 0.2) is 12.2 Å². The zero-order valence-corrected chi connectivity index (χ0v) is 25.7. The van der Waals surface area contributed by atoms with Crippen molar-refractivity contribution in [1.29, 1.82) is 0 Å². The molecule has 1 N–H and O–H groups in total. The molecule has 2 aromatic carbocycles. The van der Waals surface area contributed by atoms with Crippen molar-refractivity contribution in [3.63, 3.8) is 0 Å². The first-order valence-corrected chi connectivity index (χ1v) is 14.7. The van der Waals surface area contributed by atoms with Crippen LogP contribution in [0.4, 0.5) is 18.0 Å². The van der Waals surface area contributed by atoms with E-state index in [1.54, 1.807) is 45.0 Å². The quantitative estimate of drug-likeness (QED) is 0.0762. The number of nitrogens with one attached hydrogen (secondary N) is 1. The molecule has 0 aliphatic heterocycles. The molecule has 0 unspecified atom stereocenters. The van der Waals surface area contributed by atoms with Crippen LogP contribution in [0.2, 0.25) is 0 Å². The average molecular weight is 657 g/mol. The van der Waals surface area contributed by atoms with E-state index in [1.165, 1.54) is 19.1 Å². The molecule has 0 saturated carbocycles. The van der Waals surface area contributed by atoms with E-state index in [1.807, 2.05) is 11.6 Å². The van der Waals surface area contributed by atoms with Crippen LogP contribution in [0.5, 0.6) is 0 Å². The van der Waals surface area contributed by atoms with Crippen molar-refractivity contribution < 1.29 is 50.5 Å². The number of nitrogens with zero attached hydrogens (tertiary/aromatic N) is 5. The van der Waals surface area contributed by atoms with Gasteiger partial charge in [0, 0.05) is 5.56 Å². The van der Waals surface area contributed by atoms with E-state index in [9.17, 15) is 36.4 Å². The Morgan fingerprint density at radius 3 is 2.27 bits per heavy atom. The summed E-state index contributed by atoms with van der Waals surface area (Å²) in [6.07, 6.45) is -5.79. The summed E-state index contributed by atoms with van der Waals surface area (Å²) in [5, 5.41) is 19.7. The molecule has 1 aromatic heterocycles. The number of amides is 1. The average Bonchev–Trinajstić information content (AvgIpc) is 3.39. The number of hydrogen-bond donors (Lipinski definition) is 1. The van der Waals surface area contributed by atoms with Gasteiger partial charge in [0.2, 0.25) is 5.28 Å². The Kier molecular flexibility index (Phi) is 10.6. The summed E-state index contributed by atoms with van der Waals surface area (Å²) in [4.78, 5) is 28.0. The number of likely N-dealkylation sites (N-methyl/N-ethyl adjacent to an activating group) is 1. The first kappa shape index (κ1) is 34.6. The van der Waals surface area contributed by atoms with Crippen LogP contribution in [0, 0.1) is 12.1 Å². The van der Waals surface area contributed by atoms with Crippen LogP contribution in [0.3, 0.4) is 0 Å². The molecule has 45 heavy (non-hydrogen) atoms. The van der Waals surface area contributed by atoms with Crippen LogP contribution in [0.15, 0.2) is 64.8 Å². The van der Waals surface area contributed by atoms with Gasteiger partial charge in [-0.1, -0.05) is 29.8 Å². The van der Waals surface area contributed by atoms with Crippen LogP contribution in [-0.2, 0) is 35.3 Å². The predicted molar refractivity (Wildman–Crippen MR) is 151 cm³/mol. The highest BCUT2D eigenvalue weighted by atomic mass is 32.2. The Hall–Kier alpha value is -4.87. The number of ether oxygens (including phenoxy) is 2. The molecule has 0 radical (unpaired) electrons. The second-order valence-electron chi connectivity index (χ2n) is 10.4. The summed E-state index contributed by atoms with van der Waals surface area (Å²) in [6.45, 7) is 6.50. The summed E-state index contributed by atoms with van der Waals surface area (Å²) in [5.74, 6) is -1.11. The predicted octanol–water partition coefficient (Wildman–Crippen LogP) is 4.71. The zero-order valence-electron chi connectivity index (χ0n) is 24.9. The lowest BCUT2D eigenvalue weighted by atomic mass is 10.1. The van der Waals surface area contributed by atoms with Crippen LogP contribution >= 0.6 is 0 Å². The van der Waals surface area contributed by atoms with Gasteiger partial charge in [0.1, 0.15) is 5.60 Å². The molecule has 0 bridgehead atoms. The zero-order chi connectivity index (χ0) is 33.6. The highest BCUT2D eigenvalue weighted by molar-refractivity contribution is 7.90. The van der Waals surface area contributed by atoms with Gasteiger partial charge in [0.25, 0.3) is 22.7 Å². The maximum Gasteiger partial charge on any atom is 0.511 e. The Morgan fingerprint density at radius 2 is 1.71 bits per heavy atom. The normalized spacial score (nSPS) is 12.4. The summed E-state index contributed by atoms with van der Waals surface area (Å²) >= 11 is 0. The molecule has 0 aliphatic rings. The van der Waals surface area contributed by atoms with E-state index in [2.05, 4.69) is 20.0 Å². The van der Waals surface area contributed by atoms with Crippen LogP contribution in [-0.4, -0.2) is 65.7 Å². The summed E-state index contributed by atoms with van der Waals surface area (Å²) in [7, 11) is -4.46. The standard InChI is InChI=1S/C27H31F3N6O8S/c1-6-34(36(39)33-43-17-42-25(38)44-26(3,4)5)16-24(37)32-45(40,41)21-13-11-20(12-14-21)35-22(15-23(31-35)27(28,29)30)19-9-7-18(2)8-10-19/h7-15H,6,16-17H2,1-5H3,(H,32,37)/b36-33-. The first-order valence-electron chi connectivity index (χ1n) is 13.2. The van der Waals surface area contributed by atoms with Gasteiger partial charge >= 0.3 is 12.3 Å². The monoisotopic (exact) mass is 656 g/mol. The van der Waals surface area contributed by atoms with Gasteiger partial charge in [-0.05, 0) is 65.0 Å². The number of benzene rings is 2. The topological polar surface area (TPSA) is 167 Å². The van der Waals surface area contributed by atoms with Crippen LogP contribution in [0.1, 0.15) is 39.0 Å². The molecule has 1 amide bonds. The lowest BCUT2D eigenvalue weighted by Gasteiger charge is -2.18. The number of carbonyl (C=O) groups excluding carboxylic acids is 2. The van der Waals surface area contributed by atoms with Crippen molar-refractivity contribution >= 4 is 22.1 Å². The van der Waals surface area contributed by atoms with Crippen molar-refractivity contribution in [2.24, 2.45) is 5.28 Å². The third kappa shape index (κ3) is 9.82. The molecular formula is C27H31F3N6O8S. The van der Waals surface area contributed by atoms with Gasteiger partial charge in [0.05, 0.1) is 27.8 Å². The maximum absolute atomic E-state index is 13.5. The Balaban J connectivity index is 1.69. The highest BCUT2D eigenvalue weighted by Crippen LogP contribution is 2.33. The number of halogens is 3. The minimum Gasteiger partial charge on any atom is -0.569 e. The molecule has 3 rings (SSSR count). The van der Waals surface area contributed by atoms with Crippen molar-refractivity contribution in [2.45, 2.75) is 51.3 Å². The number of hydrogen-bond acceptors (Lipinski definition) is 10. The Morgan fingerprint density at radius 1 is 1.09 bits per heavy atom. The van der Waals surface area contributed by atoms with Gasteiger partial charge < -0.3 is 19.5 Å². The van der Waals surface area contributed by atoms with E-state index in [-0.39, 0.29) is 27.8 Å². The molecule has 0 fully saturated rings. The molecule has 18 heteroatoms. The van der Waals surface area contributed by atoms with Crippen molar-refractivity contribution in [2.75, 3.05) is 19.9 Å². The largest absolute Gasteiger partial charge is 0.569 e. The van der Waals surface area contributed by atoms with Gasteiger partial charge in [-0.2, -0.15) is 18.3 Å². The smallest absolute Gasteiger partial charge is 0.511 e. The molecule has 244 valence electrons. The molecule has 3 aromatic rings. The van der Waals surface area contributed by atoms with E-state index >= 15 is 0 Å². The third-order valence-corrected chi connectivity index (χ3v) is 7.06. The number of carbonyl (C=O) groups is 2. The number of alkyl halides is 3. The number of rotatable bonds is 11. The van der Waals surface area contributed by atoms with Crippen molar-refractivity contribution in [1.82, 2.24) is 19.5 Å². The van der Waals surface area contributed by atoms with Crippen LogP contribution in [0.25, 0.3) is 16.9 Å². The fourth-order valence-corrected chi connectivity index (χ4v) is 4.57. The van der Waals surface area contributed by atoms with E-state index < -0.39 is 52.9 Å². The maximum atomic E-state index is 13.5. The molecular weight excluding hydrogens is 625 g/mol. The molecule has 0 spiro atoms. The number of sulfonamides is 1. The first-order chi connectivity index (χ1) is 20.9. The summed E-state index contributed by atoms with van der Waals surface area (Å²) < 4.78 is 78.4. The molecule has 0 saturated heterocycles. The molecule has 14 nitrogen and oxygen atoms in total. The van der Waals surface area contributed by atoms with Crippen LogP contribution < -0.4 is 4.72 Å².